The van der Waals surface area contributed by atoms with E-state index < -0.39 is 0 Å². The third-order valence-electron chi connectivity index (χ3n) is 2.88. The van der Waals surface area contributed by atoms with E-state index in [-0.39, 0.29) is 0 Å². The maximum Gasteiger partial charge on any atom is 0.143 e. The Balaban J connectivity index is 1.82. The van der Waals surface area contributed by atoms with E-state index in [1.165, 1.54) is 12.8 Å². The lowest BCUT2D eigenvalue weighted by Crippen LogP contribution is -2.24. The maximum atomic E-state index is 8.89. The minimum absolute atomic E-state index is 0.613. The molecule has 1 fully saturated rings. The molecule has 1 aliphatic rings. The number of pyridine rings is 1. The molecule has 1 aromatic heterocycles. The molecular formula is C12H16N4. The van der Waals surface area contributed by atoms with Gasteiger partial charge in [-0.3, -0.25) is 0 Å². The fraction of sp³-hybridized carbons (Fsp3) is 0.500. The molecule has 1 aliphatic heterocycles. The average Bonchev–Trinajstić information content (AvgIpc) is 2.83. The van der Waals surface area contributed by atoms with Gasteiger partial charge >= 0.3 is 0 Å². The van der Waals surface area contributed by atoms with E-state index in [1.807, 2.05) is 0 Å². The van der Waals surface area contributed by atoms with Crippen LogP contribution in [0, 0.1) is 11.3 Å². The second-order valence-electron chi connectivity index (χ2n) is 4.02. The molecule has 2 N–H and O–H groups in total. The summed E-state index contributed by atoms with van der Waals surface area (Å²) in [6, 6.07) is 6.32. The Hall–Kier alpha value is -1.60. The number of hydrogen-bond acceptors (Lipinski definition) is 4. The van der Waals surface area contributed by atoms with Crippen molar-refractivity contribution in [3.63, 3.8) is 0 Å². The average molecular weight is 216 g/mol. The quantitative estimate of drug-likeness (QED) is 0.801. The van der Waals surface area contributed by atoms with Gasteiger partial charge in [0.25, 0.3) is 0 Å². The minimum atomic E-state index is 0.613. The summed E-state index contributed by atoms with van der Waals surface area (Å²) in [5, 5.41) is 15.6. The highest BCUT2D eigenvalue weighted by atomic mass is 15.0. The third-order valence-corrected chi connectivity index (χ3v) is 2.88. The Morgan fingerprint density at radius 2 is 2.56 bits per heavy atom. The fourth-order valence-electron chi connectivity index (χ4n) is 2.00. The first-order valence-corrected chi connectivity index (χ1v) is 5.72. The molecule has 0 aliphatic carbocycles. The number of aromatic nitrogens is 1. The summed E-state index contributed by atoms with van der Waals surface area (Å²) in [4.78, 5) is 4.16. The first-order chi connectivity index (χ1) is 7.90. The van der Waals surface area contributed by atoms with Gasteiger partial charge in [0, 0.05) is 18.8 Å². The zero-order valence-corrected chi connectivity index (χ0v) is 9.24. The van der Waals surface area contributed by atoms with Gasteiger partial charge in [-0.1, -0.05) is 0 Å². The van der Waals surface area contributed by atoms with Crippen molar-refractivity contribution in [2.24, 2.45) is 0 Å². The topological polar surface area (TPSA) is 60.7 Å². The first kappa shape index (κ1) is 10.9. The van der Waals surface area contributed by atoms with Crippen LogP contribution in [0.25, 0.3) is 0 Å². The summed E-state index contributed by atoms with van der Waals surface area (Å²) in [5.74, 6) is 0.697. The van der Waals surface area contributed by atoms with Gasteiger partial charge in [-0.2, -0.15) is 5.26 Å². The zero-order valence-electron chi connectivity index (χ0n) is 9.24. The van der Waals surface area contributed by atoms with Crippen molar-refractivity contribution in [2.75, 3.05) is 18.4 Å². The van der Waals surface area contributed by atoms with E-state index in [9.17, 15) is 0 Å². The number of rotatable bonds is 4. The van der Waals surface area contributed by atoms with Gasteiger partial charge in [-0.15, -0.1) is 0 Å². The molecule has 0 radical (unpaired) electrons. The van der Waals surface area contributed by atoms with Gasteiger partial charge in [0.05, 0.1) is 5.56 Å². The van der Waals surface area contributed by atoms with Crippen molar-refractivity contribution in [1.29, 1.82) is 5.26 Å². The normalized spacial score (nSPS) is 19.3. The zero-order chi connectivity index (χ0) is 11.2. The van der Waals surface area contributed by atoms with E-state index in [1.54, 1.807) is 18.3 Å². The van der Waals surface area contributed by atoms with E-state index in [4.69, 9.17) is 5.26 Å². The van der Waals surface area contributed by atoms with Crippen molar-refractivity contribution < 1.29 is 0 Å². The molecule has 84 valence electrons. The van der Waals surface area contributed by atoms with Crippen molar-refractivity contribution in [3.05, 3.63) is 23.9 Å². The monoisotopic (exact) mass is 216 g/mol. The number of anilines is 1. The number of nitrogens with zero attached hydrogens (tertiary/aromatic N) is 2. The highest BCUT2D eigenvalue weighted by Gasteiger charge is 2.13. The minimum Gasteiger partial charge on any atom is -0.369 e. The number of nitrogens with one attached hydrogen (secondary N) is 2. The van der Waals surface area contributed by atoms with E-state index >= 15 is 0 Å². The lowest BCUT2D eigenvalue weighted by atomic mass is 10.1. The van der Waals surface area contributed by atoms with Crippen LogP contribution in [0.4, 0.5) is 5.82 Å². The molecule has 0 spiro atoms. The standard InChI is InChI=1S/C12H16N4/c13-9-10-3-1-7-15-12(10)16-8-5-11-4-2-6-14-11/h1,3,7,11,14H,2,4-6,8H2,(H,15,16)/t11-/m0/s1. The Labute approximate surface area is 95.7 Å². The molecule has 0 amide bonds. The molecule has 4 heteroatoms. The molecule has 0 unspecified atom stereocenters. The van der Waals surface area contributed by atoms with Crippen LogP contribution in [0.5, 0.6) is 0 Å². The summed E-state index contributed by atoms with van der Waals surface area (Å²) >= 11 is 0. The smallest absolute Gasteiger partial charge is 0.143 e. The summed E-state index contributed by atoms with van der Waals surface area (Å²) in [6.45, 7) is 2.00. The van der Waals surface area contributed by atoms with Crippen molar-refractivity contribution >= 4 is 5.82 Å². The van der Waals surface area contributed by atoms with Crippen LogP contribution < -0.4 is 10.6 Å². The molecule has 1 saturated heterocycles. The van der Waals surface area contributed by atoms with E-state index in [2.05, 4.69) is 21.7 Å². The van der Waals surface area contributed by atoms with E-state index in [0.717, 1.165) is 19.5 Å². The van der Waals surface area contributed by atoms with Crippen LogP contribution in [0.3, 0.4) is 0 Å². The largest absolute Gasteiger partial charge is 0.369 e. The second-order valence-corrected chi connectivity index (χ2v) is 4.02. The van der Waals surface area contributed by atoms with Gasteiger partial charge in [-0.05, 0) is 37.9 Å². The molecule has 1 aromatic rings. The Morgan fingerprint density at radius 3 is 3.31 bits per heavy atom. The molecule has 1 atom stereocenters. The van der Waals surface area contributed by atoms with Crippen molar-refractivity contribution in [3.8, 4) is 6.07 Å². The van der Waals surface area contributed by atoms with Gasteiger partial charge in [-0.25, -0.2) is 4.98 Å². The Bertz CT molecular complexity index is 377. The van der Waals surface area contributed by atoms with Crippen LogP contribution in [-0.4, -0.2) is 24.1 Å². The van der Waals surface area contributed by atoms with Gasteiger partial charge in [0.15, 0.2) is 0 Å². The SMILES string of the molecule is N#Cc1cccnc1NCC[C@@H]1CCCN1. The molecule has 0 saturated carbocycles. The molecule has 4 nitrogen and oxygen atoms in total. The third kappa shape index (κ3) is 2.71. The van der Waals surface area contributed by atoms with Gasteiger partial charge in [0.2, 0.25) is 0 Å². The maximum absolute atomic E-state index is 8.89. The van der Waals surface area contributed by atoms with Crippen LogP contribution >= 0.6 is 0 Å². The summed E-state index contributed by atoms with van der Waals surface area (Å²) in [6.07, 6.45) is 5.32. The Kier molecular flexibility index (Phi) is 3.73. The van der Waals surface area contributed by atoms with Crippen molar-refractivity contribution in [2.45, 2.75) is 25.3 Å². The van der Waals surface area contributed by atoms with Crippen LogP contribution in [-0.2, 0) is 0 Å². The van der Waals surface area contributed by atoms with Gasteiger partial charge in [0.1, 0.15) is 11.9 Å². The first-order valence-electron chi connectivity index (χ1n) is 5.72. The molecule has 16 heavy (non-hydrogen) atoms. The molecule has 2 rings (SSSR count). The highest BCUT2D eigenvalue weighted by molar-refractivity contribution is 5.51. The lowest BCUT2D eigenvalue weighted by molar-refractivity contribution is 0.574. The molecule has 0 aromatic carbocycles. The highest BCUT2D eigenvalue weighted by Crippen LogP contribution is 2.12. The number of hydrogen-bond donors (Lipinski definition) is 2. The number of nitriles is 1. The molecular weight excluding hydrogens is 200 g/mol. The van der Waals surface area contributed by atoms with Crippen molar-refractivity contribution in [1.82, 2.24) is 10.3 Å². The summed E-state index contributed by atoms with van der Waals surface area (Å²) in [7, 11) is 0. The predicted molar refractivity (Wildman–Crippen MR) is 63.1 cm³/mol. The second kappa shape index (κ2) is 5.47. The Morgan fingerprint density at radius 1 is 1.62 bits per heavy atom. The lowest BCUT2D eigenvalue weighted by Gasteiger charge is -2.11. The summed E-state index contributed by atoms with van der Waals surface area (Å²) < 4.78 is 0. The van der Waals surface area contributed by atoms with Gasteiger partial charge < -0.3 is 10.6 Å². The van der Waals surface area contributed by atoms with Crippen LogP contribution in [0.1, 0.15) is 24.8 Å². The summed E-state index contributed by atoms with van der Waals surface area (Å²) in [5.41, 5.74) is 0.613. The van der Waals surface area contributed by atoms with Crippen LogP contribution in [0.15, 0.2) is 18.3 Å². The fourth-order valence-corrected chi connectivity index (χ4v) is 2.00. The predicted octanol–water partition coefficient (Wildman–Crippen LogP) is 1.51. The van der Waals surface area contributed by atoms with E-state index in [0.29, 0.717) is 17.4 Å². The van der Waals surface area contributed by atoms with Crippen LogP contribution in [0.2, 0.25) is 0 Å². The molecule has 0 bridgehead atoms. The molecule has 2 heterocycles.